The van der Waals surface area contributed by atoms with Crippen molar-refractivity contribution in [1.82, 2.24) is 0 Å². The van der Waals surface area contributed by atoms with Crippen LogP contribution < -0.4 is 4.74 Å². The van der Waals surface area contributed by atoms with Gasteiger partial charge in [-0.2, -0.15) is 0 Å². The van der Waals surface area contributed by atoms with Gasteiger partial charge in [-0.05, 0) is 25.0 Å². The maximum Gasteiger partial charge on any atom is 0.514 e. The van der Waals surface area contributed by atoms with Gasteiger partial charge < -0.3 is 43.7 Å². The molecule has 0 amide bonds. The molecule has 0 fully saturated rings. The van der Waals surface area contributed by atoms with Crippen molar-refractivity contribution in [1.29, 1.82) is 0 Å². The second kappa shape index (κ2) is 19.0. The number of hydrogen-bond donors (Lipinski definition) is 3. The predicted octanol–water partition coefficient (Wildman–Crippen LogP) is 1.61. The third kappa shape index (κ3) is 13.3. The molecule has 0 aliphatic rings. The number of nitro benzene ring substituents is 1. The van der Waals surface area contributed by atoms with Crippen molar-refractivity contribution < 1.29 is 53.5 Å². The fourth-order valence-corrected chi connectivity index (χ4v) is 2.20. The van der Waals surface area contributed by atoms with Crippen LogP contribution in [-0.4, -0.2) is 91.8 Å². The van der Waals surface area contributed by atoms with Gasteiger partial charge in [0.1, 0.15) is 12.4 Å². The third-order valence-electron chi connectivity index (χ3n) is 4.27. The molecule has 13 heteroatoms. The van der Waals surface area contributed by atoms with Crippen LogP contribution in [0.4, 0.5) is 10.5 Å². The summed E-state index contributed by atoms with van der Waals surface area (Å²) in [6, 6.07) is 4.97. The first-order valence-electron chi connectivity index (χ1n) is 10.6. The lowest BCUT2D eigenvalue weighted by atomic mass is 10.3. The summed E-state index contributed by atoms with van der Waals surface area (Å²) in [6.45, 7) is 3.09. The zero-order valence-corrected chi connectivity index (χ0v) is 19.8. The summed E-state index contributed by atoms with van der Waals surface area (Å²) in [7, 11) is 2.82. The van der Waals surface area contributed by atoms with Crippen LogP contribution in [0.25, 0.3) is 0 Å². The van der Waals surface area contributed by atoms with E-state index in [-0.39, 0.29) is 44.0 Å². The van der Waals surface area contributed by atoms with Gasteiger partial charge in [0.25, 0.3) is 5.69 Å². The fourth-order valence-electron chi connectivity index (χ4n) is 2.20. The Hall–Kier alpha value is -2.39. The van der Waals surface area contributed by atoms with Crippen LogP contribution in [0, 0.1) is 10.1 Å². The van der Waals surface area contributed by atoms with Crippen molar-refractivity contribution >= 4 is 11.8 Å². The van der Waals surface area contributed by atoms with E-state index in [1.807, 2.05) is 13.8 Å². The average Bonchev–Trinajstić information content (AvgIpc) is 2.86. The molecule has 1 aromatic carbocycles. The molecule has 0 heterocycles. The van der Waals surface area contributed by atoms with Crippen molar-refractivity contribution in [2.45, 2.75) is 51.5 Å². The van der Waals surface area contributed by atoms with Crippen LogP contribution in [0.5, 0.6) is 5.75 Å². The lowest BCUT2D eigenvalue weighted by molar-refractivity contribution is -0.384. The SMILES string of the molecule is CCC(CO)OC(CO)OC.CCC(CO)OC(COC(=O)Oc1ccc([N+](=O)[O-])cc1)OC. The number of methoxy groups -OCH3 is 2. The smallest absolute Gasteiger partial charge is 0.429 e. The van der Waals surface area contributed by atoms with Gasteiger partial charge in [-0.15, -0.1) is 0 Å². The Morgan fingerprint density at radius 2 is 1.41 bits per heavy atom. The van der Waals surface area contributed by atoms with Crippen LogP contribution in [0.1, 0.15) is 26.7 Å². The Kier molecular flexibility index (Phi) is 17.6. The van der Waals surface area contributed by atoms with Crippen LogP contribution >= 0.6 is 0 Å². The first kappa shape index (κ1) is 31.6. The predicted molar refractivity (Wildman–Crippen MR) is 118 cm³/mol. The molecule has 13 nitrogen and oxygen atoms in total. The summed E-state index contributed by atoms with van der Waals surface area (Å²) in [6.07, 6.45) is -1.84. The number of carbonyl (C=O) groups is 1. The van der Waals surface area contributed by atoms with Crippen LogP contribution in [0.2, 0.25) is 0 Å². The monoisotopic (exact) mass is 493 g/mol. The number of benzene rings is 1. The van der Waals surface area contributed by atoms with E-state index >= 15 is 0 Å². The molecule has 0 spiro atoms. The molecule has 0 aromatic heterocycles. The van der Waals surface area contributed by atoms with Crippen LogP contribution in [0.15, 0.2) is 24.3 Å². The lowest BCUT2D eigenvalue weighted by Crippen LogP contribution is -2.31. The van der Waals surface area contributed by atoms with Crippen molar-refractivity contribution in [3.63, 3.8) is 0 Å². The maximum absolute atomic E-state index is 11.5. The summed E-state index contributed by atoms with van der Waals surface area (Å²) in [5, 5.41) is 36.9. The average molecular weight is 494 g/mol. The molecule has 3 N–H and O–H groups in total. The van der Waals surface area contributed by atoms with Crippen molar-refractivity contribution in [2.24, 2.45) is 0 Å². The number of nitrogens with zero attached hydrogens (tertiary/aromatic N) is 1. The Morgan fingerprint density at radius 1 is 0.912 bits per heavy atom. The van der Waals surface area contributed by atoms with Gasteiger partial charge in [0.2, 0.25) is 0 Å². The Bertz CT molecular complexity index is 650. The summed E-state index contributed by atoms with van der Waals surface area (Å²) in [5.41, 5.74) is -0.117. The minimum atomic E-state index is -0.999. The second-order valence-corrected chi connectivity index (χ2v) is 6.63. The molecule has 4 atom stereocenters. The van der Waals surface area contributed by atoms with Gasteiger partial charge in [0.05, 0.1) is 37.0 Å². The molecule has 1 rings (SSSR count). The van der Waals surface area contributed by atoms with E-state index in [1.165, 1.54) is 38.5 Å². The van der Waals surface area contributed by atoms with E-state index in [0.29, 0.717) is 12.8 Å². The molecule has 0 aliphatic heterocycles. The number of rotatable bonds is 15. The highest BCUT2D eigenvalue weighted by molar-refractivity contribution is 5.64. The molecule has 0 bridgehead atoms. The van der Waals surface area contributed by atoms with Crippen molar-refractivity contribution in [3.05, 3.63) is 34.4 Å². The number of hydrogen-bond acceptors (Lipinski definition) is 12. The highest BCUT2D eigenvalue weighted by atomic mass is 16.8. The van der Waals surface area contributed by atoms with Gasteiger partial charge in [-0.3, -0.25) is 10.1 Å². The van der Waals surface area contributed by atoms with Gasteiger partial charge in [-0.25, -0.2) is 4.79 Å². The molecular formula is C21H35NO12. The van der Waals surface area contributed by atoms with Gasteiger partial charge in [0, 0.05) is 26.4 Å². The summed E-state index contributed by atoms with van der Waals surface area (Å²) < 4.78 is 29.9. The zero-order valence-electron chi connectivity index (χ0n) is 19.8. The number of ether oxygens (including phenoxy) is 6. The zero-order chi connectivity index (χ0) is 25.9. The number of aliphatic hydroxyl groups is 3. The van der Waals surface area contributed by atoms with Crippen molar-refractivity contribution in [2.75, 3.05) is 40.6 Å². The molecule has 0 saturated heterocycles. The molecular weight excluding hydrogens is 458 g/mol. The quantitative estimate of drug-likeness (QED) is 0.106. The van der Waals surface area contributed by atoms with E-state index < -0.39 is 29.8 Å². The third-order valence-corrected chi connectivity index (χ3v) is 4.27. The normalized spacial score (nSPS) is 14.2. The molecule has 4 unspecified atom stereocenters. The van der Waals surface area contributed by atoms with Crippen LogP contribution in [0.3, 0.4) is 0 Å². The first-order chi connectivity index (χ1) is 16.3. The van der Waals surface area contributed by atoms with E-state index in [1.54, 1.807) is 0 Å². The molecule has 0 saturated carbocycles. The summed E-state index contributed by atoms with van der Waals surface area (Å²) in [5.74, 6) is 0.109. The van der Waals surface area contributed by atoms with Gasteiger partial charge in [0.15, 0.2) is 12.6 Å². The van der Waals surface area contributed by atoms with Crippen LogP contribution in [-0.2, 0) is 23.7 Å². The molecule has 0 radical (unpaired) electrons. The second-order valence-electron chi connectivity index (χ2n) is 6.63. The topological polar surface area (TPSA) is 176 Å². The highest BCUT2D eigenvalue weighted by Crippen LogP contribution is 2.17. The number of non-ortho nitro benzene ring substituents is 1. The maximum atomic E-state index is 11.5. The number of aliphatic hydroxyl groups excluding tert-OH is 3. The van der Waals surface area contributed by atoms with Gasteiger partial charge in [-0.1, -0.05) is 13.8 Å². The summed E-state index contributed by atoms with van der Waals surface area (Å²) >= 11 is 0. The Labute approximate surface area is 198 Å². The lowest BCUT2D eigenvalue weighted by Gasteiger charge is -2.21. The Balaban J connectivity index is 0.000000833. The van der Waals surface area contributed by atoms with E-state index in [0.717, 1.165) is 0 Å². The minimum Gasteiger partial charge on any atom is -0.429 e. The number of nitro groups is 1. The molecule has 34 heavy (non-hydrogen) atoms. The van der Waals surface area contributed by atoms with E-state index in [2.05, 4.69) is 0 Å². The van der Waals surface area contributed by atoms with E-state index in [9.17, 15) is 14.9 Å². The summed E-state index contributed by atoms with van der Waals surface area (Å²) in [4.78, 5) is 21.5. The van der Waals surface area contributed by atoms with Crippen molar-refractivity contribution in [3.8, 4) is 5.75 Å². The fraction of sp³-hybridized carbons (Fsp3) is 0.667. The Morgan fingerprint density at radius 3 is 1.79 bits per heavy atom. The first-order valence-corrected chi connectivity index (χ1v) is 10.6. The standard InChI is InChI=1S/C14H19NO8.C7H16O4/c1-3-11(8-16)22-13(20-2)9-21-14(17)23-12-6-4-10(5-7-12)15(18)19;1-3-6(4-8)11-7(5-9)10-2/h4-7,11,13,16H,3,8-9H2,1-2H3;6-9H,3-5H2,1-2H3. The van der Waals surface area contributed by atoms with Gasteiger partial charge >= 0.3 is 6.16 Å². The highest BCUT2D eigenvalue weighted by Gasteiger charge is 2.18. The van der Waals surface area contributed by atoms with E-state index in [4.69, 9.17) is 43.7 Å². The molecule has 196 valence electrons. The molecule has 1 aromatic rings. The minimum absolute atomic E-state index is 0.0453. The molecule has 0 aliphatic carbocycles. The number of carbonyl (C=O) groups excluding carboxylic acids is 1. The largest absolute Gasteiger partial charge is 0.514 e.